The summed E-state index contributed by atoms with van der Waals surface area (Å²) in [7, 11) is 0. The minimum atomic E-state index is -0.239. The summed E-state index contributed by atoms with van der Waals surface area (Å²) in [6.07, 6.45) is 10.2. The van der Waals surface area contributed by atoms with E-state index in [1.54, 1.807) is 6.92 Å². The Bertz CT molecular complexity index is 460. The molecule has 0 radical (unpaired) electrons. The van der Waals surface area contributed by atoms with E-state index in [-0.39, 0.29) is 17.0 Å². The molecule has 3 aliphatic carbocycles. The Hall–Kier alpha value is -1.05. The first-order valence-corrected chi connectivity index (χ1v) is 7.04. The highest BCUT2D eigenvalue weighted by Gasteiger charge is 2.65. The van der Waals surface area contributed by atoms with Gasteiger partial charge in [-0.25, -0.2) is 0 Å². The predicted octanol–water partition coefficient (Wildman–Crippen LogP) is 3.77. The van der Waals surface area contributed by atoms with Crippen LogP contribution in [0.5, 0.6) is 0 Å². The van der Waals surface area contributed by atoms with Crippen molar-refractivity contribution in [2.45, 2.75) is 58.5 Å². The van der Waals surface area contributed by atoms with Crippen LogP contribution in [0.15, 0.2) is 23.3 Å². The van der Waals surface area contributed by atoms with Gasteiger partial charge in [-0.15, -0.1) is 0 Å². The topological polar surface area (TPSA) is 26.3 Å². The summed E-state index contributed by atoms with van der Waals surface area (Å²) in [4.78, 5) is 11.6. The fraction of sp³-hybridized carbons (Fsp3) is 0.688. The minimum Gasteiger partial charge on any atom is -0.458 e. The van der Waals surface area contributed by atoms with Crippen molar-refractivity contribution in [1.82, 2.24) is 0 Å². The lowest BCUT2D eigenvalue weighted by atomic mass is 9.72. The molecular formula is C16H22O2. The number of esters is 1. The monoisotopic (exact) mass is 246 g/mol. The number of hydrogen-bond donors (Lipinski definition) is 0. The summed E-state index contributed by atoms with van der Waals surface area (Å²) in [5.74, 6) is 0.342. The molecular weight excluding hydrogens is 224 g/mol. The van der Waals surface area contributed by atoms with E-state index in [9.17, 15) is 4.79 Å². The van der Waals surface area contributed by atoms with Crippen LogP contribution in [0.1, 0.15) is 52.9 Å². The van der Waals surface area contributed by atoms with Crippen LogP contribution in [-0.4, -0.2) is 11.6 Å². The largest absolute Gasteiger partial charge is 0.458 e. The minimum absolute atomic E-state index is 0.0885. The van der Waals surface area contributed by atoms with Crippen molar-refractivity contribution in [2.24, 2.45) is 11.3 Å². The van der Waals surface area contributed by atoms with Gasteiger partial charge < -0.3 is 4.74 Å². The van der Waals surface area contributed by atoms with Gasteiger partial charge in [0.05, 0.1) is 0 Å². The molecule has 2 heteroatoms. The Balaban J connectivity index is 2.07. The predicted molar refractivity (Wildman–Crippen MR) is 71.0 cm³/mol. The van der Waals surface area contributed by atoms with Gasteiger partial charge in [0.2, 0.25) is 0 Å². The quantitative estimate of drug-likeness (QED) is 0.520. The lowest BCUT2D eigenvalue weighted by Gasteiger charge is -2.41. The fourth-order valence-corrected chi connectivity index (χ4v) is 4.60. The van der Waals surface area contributed by atoms with E-state index in [0.717, 1.165) is 19.3 Å². The molecule has 3 atom stereocenters. The second kappa shape index (κ2) is 3.72. The number of allylic oxidation sites excluding steroid dienone is 2. The maximum absolute atomic E-state index is 11.6. The second-order valence-corrected chi connectivity index (χ2v) is 6.37. The Morgan fingerprint density at radius 2 is 2.17 bits per heavy atom. The SMILES string of the molecule is CC(=O)O[C@]12CCC(C)=CC[C@@]13C=C(C)[C@@H]2CC3. The number of rotatable bonds is 1. The van der Waals surface area contributed by atoms with Gasteiger partial charge in [-0.3, -0.25) is 4.79 Å². The third kappa shape index (κ3) is 1.38. The van der Waals surface area contributed by atoms with Gasteiger partial charge in [0.25, 0.3) is 0 Å². The van der Waals surface area contributed by atoms with Gasteiger partial charge in [-0.1, -0.05) is 23.3 Å². The van der Waals surface area contributed by atoms with Gasteiger partial charge in [-0.05, 0) is 46.0 Å². The summed E-state index contributed by atoms with van der Waals surface area (Å²) in [6, 6.07) is 0. The van der Waals surface area contributed by atoms with E-state index < -0.39 is 0 Å². The van der Waals surface area contributed by atoms with Gasteiger partial charge >= 0.3 is 5.97 Å². The molecule has 0 amide bonds. The molecule has 0 aromatic carbocycles. The second-order valence-electron chi connectivity index (χ2n) is 6.37. The Morgan fingerprint density at radius 3 is 2.83 bits per heavy atom. The number of carbonyl (C=O) groups is 1. The van der Waals surface area contributed by atoms with Crippen molar-refractivity contribution in [1.29, 1.82) is 0 Å². The van der Waals surface area contributed by atoms with Crippen molar-refractivity contribution in [3.63, 3.8) is 0 Å². The highest BCUT2D eigenvalue weighted by Crippen LogP contribution is 2.65. The van der Waals surface area contributed by atoms with Crippen molar-refractivity contribution in [3.05, 3.63) is 23.3 Å². The molecule has 0 heterocycles. The lowest BCUT2D eigenvalue weighted by Crippen LogP contribution is -2.46. The first-order valence-electron chi connectivity index (χ1n) is 7.04. The lowest BCUT2D eigenvalue weighted by molar-refractivity contribution is -0.170. The molecule has 98 valence electrons. The van der Waals surface area contributed by atoms with Gasteiger partial charge in [0.15, 0.2) is 0 Å². The molecule has 1 fully saturated rings. The normalized spacial score (nSPS) is 41.8. The molecule has 18 heavy (non-hydrogen) atoms. The van der Waals surface area contributed by atoms with E-state index in [1.165, 1.54) is 24.0 Å². The van der Waals surface area contributed by atoms with Crippen molar-refractivity contribution >= 4 is 5.97 Å². The fourth-order valence-electron chi connectivity index (χ4n) is 4.60. The third-order valence-corrected chi connectivity index (χ3v) is 5.37. The molecule has 0 saturated heterocycles. The van der Waals surface area contributed by atoms with Crippen LogP contribution in [0, 0.1) is 11.3 Å². The van der Waals surface area contributed by atoms with Gasteiger partial charge in [-0.2, -0.15) is 0 Å². The maximum Gasteiger partial charge on any atom is 0.303 e. The number of hydrogen-bond acceptors (Lipinski definition) is 2. The molecule has 1 saturated carbocycles. The first-order chi connectivity index (χ1) is 8.49. The van der Waals surface area contributed by atoms with Crippen LogP contribution in [0.4, 0.5) is 0 Å². The average molecular weight is 246 g/mol. The average Bonchev–Trinajstić information content (AvgIpc) is 2.65. The summed E-state index contributed by atoms with van der Waals surface area (Å²) in [5.41, 5.74) is 2.74. The molecule has 0 aliphatic heterocycles. The van der Waals surface area contributed by atoms with Crippen LogP contribution in [0.3, 0.4) is 0 Å². The molecule has 0 N–H and O–H groups in total. The smallest absolute Gasteiger partial charge is 0.303 e. The highest BCUT2D eigenvalue weighted by atomic mass is 16.6. The van der Waals surface area contributed by atoms with Crippen molar-refractivity contribution < 1.29 is 9.53 Å². The van der Waals surface area contributed by atoms with E-state index in [4.69, 9.17) is 4.74 Å². The molecule has 0 spiro atoms. The maximum atomic E-state index is 11.6. The zero-order chi connectivity index (χ0) is 13.0. The summed E-state index contributed by atoms with van der Waals surface area (Å²) >= 11 is 0. The molecule has 3 rings (SSSR count). The number of carbonyl (C=O) groups excluding carboxylic acids is 1. The molecule has 2 bridgehead atoms. The molecule has 3 aliphatic rings. The molecule has 0 aromatic heterocycles. The van der Waals surface area contributed by atoms with Crippen LogP contribution in [-0.2, 0) is 9.53 Å². The zero-order valence-corrected chi connectivity index (χ0v) is 11.6. The van der Waals surface area contributed by atoms with Crippen molar-refractivity contribution in [2.75, 3.05) is 0 Å². The molecule has 2 nitrogen and oxygen atoms in total. The molecule has 0 aromatic rings. The van der Waals surface area contributed by atoms with Crippen molar-refractivity contribution in [3.8, 4) is 0 Å². The van der Waals surface area contributed by atoms with E-state index in [2.05, 4.69) is 26.0 Å². The first kappa shape index (κ1) is 12.0. The van der Waals surface area contributed by atoms with Crippen LogP contribution in [0.25, 0.3) is 0 Å². The molecule has 0 unspecified atom stereocenters. The van der Waals surface area contributed by atoms with Gasteiger partial charge in [0.1, 0.15) is 5.60 Å². The van der Waals surface area contributed by atoms with Crippen LogP contribution in [0.2, 0.25) is 0 Å². The standard InChI is InChI=1S/C16H22O2/c1-11-4-7-15-8-6-14(12(2)10-15)16(15,9-5-11)18-13(3)17/h4,10,14H,5-9H2,1-3H3/t14-,15+,16-/m0/s1. The summed E-state index contributed by atoms with van der Waals surface area (Å²) in [6.45, 7) is 5.96. The van der Waals surface area contributed by atoms with Gasteiger partial charge in [0, 0.05) is 18.3 Å². The zero-order valence-electron chi connectivity index (χ0n) is 11.6. The van der Waals surface area contributed by atoms with E-state index in [0.29, 0.717) is 5.92 Å². The Morgan fingerprint density at radius 1 is 1.39 bits per heavy atom. The third-order valence-electron chi connectivity index (χ3n) is 5.37. The Labute approximate surface area is 109 Å². The van der Waals surface area contributed by atoms with Crippen LogP contribution >= 0.6 is 0 Å². The Kier molecular flexibility index (Phi) is 2.48. The highest BCUT2D eigenvalue weighted by molar-refractivity contribution is 5.67. The van der Waals surface area contributed by atoms with E-state index >= 15 is 0 Å². The van der Waals surface area contributed by atoms with Crippen LogP contribution < -0.4 is 0 Å². The van der Waals surface area contributed by atoms with E-state index in [1.807, 2.05) is 0 Å². The summed E-state index contributed by atoms with van der Waals surface area (Å²) in [5, 5.41) is 0. The number of ether oxygens (including phenoxy) is 1. The summed E-state index contributed by atoms with van der Waals surface area (Å²) < 4.78 is 5.95.